The minimum Gasteiger partial charge on any atom is -0.493 e. The van der Waals surface area contributed by atoms with Gasteiger partial charge in [0.25, 0.3) is 0 Å². The molecule has 1 aromatic carbocycles. The molecule has 0 heterocycles. The second kappa shape index (κ2) is 7.14. The van der Waals surface area contributed by atoms with Crippen LogP contribution in [0.4, 0.5) is 0 Å². The molecule has 0 amide bonds. The minimum atomic E-state index is -0.826. The van der Waals surface area contributed by atoms with Crippen LogP contribution in [0.3, 0.4) is 0 Å². The maximum atomic E-state index is 11.4. The third-order valence-corrected chi connectivity index (χ3v) is 2.41. The van der Waals surface area contributed by atoms with Crippen molar-refractivity contribution in [1.82, 2.24) is 0 Å². The summed E-state index contributed by atoms with van der Waals surface area (Å²) in [7, 11) is 1.43. The number of ketones is 1. The Kier molecular flexibility index (Phi) is 5.54. The molecule has 0 aromatic heterocycles. The van der Waals surface area contributed by atoms with Gasteiger partial charge in [0.15, 0.2) is 30.0 Å². The summed E-state index contributed by atoms with van der Waals surface area (Å²) in [6.45, 7) is 2.55. The van der Waals surface area contributed by atoms with E-state index >= 15 is 0 Å². The number of methoxy groups -OCH3 is 1. The summed E-state index contributed by atoms with van der Waals surface area (Å²) in [6.07, 6.45) is -0.826. The first-order valence-electron chi connectivity index (χ1n) is 5.88. The maximum absolute atomic E-state index is 11.4. The lowest BCUT2D eigenvalue weighted by atomic mass is 10.1. The number of carbonyl (C=O) groups excluding carboxylic acids is 2. The highest BCUT2D eigenvalue weighted by Crippen LogP contribution is 2.28. The molecule has 0 saturated heterocycles. The van der Waals surface area contributed by atoms with E-state index in [0.29, 0.717) is 17.1 Å². The topological polar surface area (TPSA) is 85.6 Å². The predicted octanol–water partition coefficient (Wildman–Crippen LogP) is 1.73. The van der Waals surface area contributed by atoms with Gasteiger partial charge in [0.1, 0.15) is 6.07 Å². The number of carbonyl (C=O) groups is 2. The van der Waals surface area contributed by atoms with Gasteiger partial charge in [0.05, 0.1) is 7.11 Å². The van der Waals surface area contributed by atoms with Crippen molar-refractivity contribution in [2.75, 3.05) is 13.7 Å². The Labute approximate surface area is 116 Å². The standard InChI is InChI=1S/C14H15NO5/c1-9(7-15)20-14(17)8-19-12-5-4-11(10(2)16)6-13(12)18-3/h4-6,9H,8H2,1-3H3/t9-/m1/s1. The Morgan fingerprint density at radius 2 is 2.05 bits per heavy atom. The molecule has 1 aromatic rings. The molecule has 0 saturated carbocycles. The molecule has 0 unspecified atom stereocenters. The number of rotatable bonds is 6. The number of nitrogens with zero attached hydrogens (tertiary/aromatic N) is 1. The van der Waals surface area contributed by atoms with Crippen molar-refractivity contribution in [3.05, 3.63) is 23.8 Å². The van der Waals surface area contributed by atoms with Gasteiger partial charge in [-0.15, -0.1) is 0 Å². The summed E-state index contributed by atoms with van der Waals surface area (Å²) in [5, 5.41) is 8.51. The first kappa shape index (κ1) is 15.5. The van der Waals surface area contributed by atoms with Crippen molar-refractivity contribution in [1.29, 1.82) is 5.26 Å². The Morgan fingerprint density at radius 3 is 2.60 bits per heavy atom. The van der Waals surface area contributed by atoms with Gasteiger partial charge >= 0.3 is 5.97 Å². The van der Waals surface area contributed by atoms with E-state index in [-0.39, 0.29) is 12.4 Å². The molecule has 0 aliphatic rings. The van der Waals surface area contributed by atoms with Gasteiger partial charge < -0.3 is 14.2 Å². The number of hydrogen-bond donors (Lipinski definition) is 0. The van der Waals surface area contributed by atoms with E-state index in [1.807, 2.05) is 0 Å². The molecule has 0 aliphatic carbocycles. The molecule has 6 nitrogen and oxygen atoms in total. The maximum Gasteiger partial charge on any atom is 0.345 e. The fourth-order valence-corrected chi connectivity index (χ4v) is 1.40. The highest BCUT2D eigenvalue weighted by molar-refractivity contribution is 5.94. The van der Waals surface area contributed by atoms with Crippen LogP contribution in [0.1, 0.15) is 24.2 Å². The van der Waals surface area contributed by atoms with Crippen LogP contribution < -0.4 is 9.47 Å². The van der Waals surface area contributed by atoms with Crippen LogP contribution in [0.15, 0.2) is 18.2 Å². The summed E-state index contributed by atoms with van der Waals surface area (Å²) in [6, 6.07) is 6.42. The van der Waals surface area contributed by atoms with Crippen molar-refractivity contribution in [2.24, 2.45) is 0 Å². The van der Waals surface area contributed by atoms with E-state index in [0.717, 1.165) is 0 Å². The highest BCUT2D eigenvalue weighted by Gasteiger charge is 2.12. The van der Waals surface area contributed by atoms with E-state index in [4.69, 9.17) is 19.5 Å². The van der Waals surface area contributed by atoms with Gasteiger partial charge in [-0.3, -0.25) is 4.79 Å². The number of benzene rings is 1. The molecule has 0 N–H and O–H groups in total. The Bertz CT molecular complexity index is 547. The molecule has 6 heteroatoms. The van der Waals surface area contributed by atoms with Crippen molar-refractivity contribution < 1.29 is 23.8 Å². The zero-order valence-electron chi connectivity index (χ0n) is 11.5. The van der Waals surface area contributed by atoms with E-state index in [1.165, 1.54) is 33.1 Å². The molecule has 0 spiro atoms. The molecule has 0 bridgehead atoms. The number of nitriles is 1. The van der Waals surface area contributed by atoms with Gasteiger partial charge in [-0.2, -0.15) is 5.26 Å². The SMILES string of the molecule is COc1cc(C(C)=O)ccc1OCC(=O)O[C@H](C)C#N. The van der Waals surface area contributed by atoms with Crippen LogP contribution in [-0.2, 0) is 9.53 Å². The summed E-state index contributed by atoms with van der Waals surface area (Å²) in [5.41, 5.74) is 0.481. The Balaban J connectivity index is 2.71. The molecular formula is C14H15NO5. The molecule has 0 aliphatic heterocycles. The lowest BCUT2D eigenvalue weighted by Crippen LogP contribution is -2.19. The predicted molar refractivity (Wildman–Crippen MR) is 69.7 cm³/mol. The highest BCUT2D eigenvalue weighted by atomic mass is 16.6. The minimum absolute atomic E-state index is 0.0999. The van der Waals surface area contributed by atoms with E-state index in [9.17, 15) is 9.59 Å². The molecule has 20 heavy (non-hydrogen) atoms. The van der Waals surface area contributed by atoms with Crippen molar-refractivity contribution in [3.63, 3.8) is 0 Å². The van der Waals surface area contributed by atoms with Crippen LogP contribution in [0.25, 0.3) is 0 Å². The molecular weight excluding hydrogens is 262 g/mol. The quantitative estimate of drug-likeness (QED) is 0.581. The second-order valence-electron chi connectivity index (χ2n) is 3.97. The van der Waals surface area contributed by atoms with Gasteiger partial charge in [-0.05, 0) is 32.0 Å². The van der Waals surface area contributed by atoms with Crippen LogP contribution in [-0.4, -0.2) is 31.6 Å². The third kappa shape index (κ3) is 4.28. The molecule has 106 valence electrons. The molecule has 0 radical (unpaired) electrons. The van der Waals surface area contributed by atoms with Crippen LogP contribution in [0, 0.1) is 11.3 Å². The molecule has 1 rings (SSSR count). The summed E-state index contributed by atoms with van der Waals surface area (Å²) < 4.78 is 15.1. The zero-order chi connectivity index (χ0) is 15.1. The van der Waals surface area contributed by atoms with Gasteiger partial charge in [-0.25, -0.2) is 4.79 Å². The monoisotopic (exact) mass is 277 g/mol. The van der Waals surface area contributed by atoms with Crippen LogP contribution in [0.2, 0.25) is 0 Å². The lowest BCUT2D eigenvalue weighted by Gasteiger charge is -2.11. The zero-order valence-corrected chi connectivity index (χ0v) is 11.5. The van der Waals surface area contributed by atoms with Gasteiger partial charge in [-0.1, -0.05) is 0 Å². The van der Waals surface area contributed by atoms with Crippen molar-refractivity contribution in [2.45, 2.75) is 20.0 Å². The largest absolute Gasteiger partial charge is 0.493 e. The van der Waals surface area contributed by atoms with Crippen LogP contribution in [0.5, 0.6) is 11.5 Å². The lowest BCUT2D eigenvalue weighted by molar-refractivity contribution is -0.148. The summed E-state index contributed by atoms with van der Waals surface area (Å²) in [4.78, 5) is 22.6. The third-order valence-electron chi connectivity index (χ3n) is 2.41. The summed E-state index contributed by atoms with van der Waals surface area (Å²) in [5.74, 6) is -0.0910. The van der Waals surface area contributed by atoms with E-state index in [1.54, 1.807) is 12.1 Å². The average molecular weight is 277 g/mol. The van der Waals surface area contributed by atoms with Crippen LogP contribution >= 0.6 is 0 Å². The average Bonchev–Trinajstić information content (AvgIpc) is 2.44. The number of Topliss-reactive ketones (excluding diaryl/α,β-unsaturated/α-hetero) is 1. The number of hydrogen-bond acceptors (Lipinski definition) is 6. The van der Waals surface area contributed by atoms with Gasteiger partial charge in [0, 0.05) is 5.56 Å². The van der Waals surface area contributed by atoms with E-state index in [2.05, 4.69) is 0 Å². The Morgan fingerprint density at radius 1 is 1.35 bits per heavy atom. The van der Waals surface area contributed by atoms with E-state index < -0.39 is 12.1 Å². The number of ether oxygens (including phenoxy) is 3. The van der Waals surface area contributed by atoms with Crippen molar-refractivity contribution in [3.8, 4) is 17.6 Å². The number of esters is 1. The fourth-order valence-electron chi connectivity index (χ4n) is 1.40. The first-order valence-corrected chi connectivity index (χ1v) is 5.88. The second-order valence-corrected chi connectivity index (χ2v) is 3.97. The molecule has 1 atom stereocenters. The summed E-state index contributed by atoms with van der Waals surface area (Å²) >= 11 is 0. The van der Waals surface area contributed by atoms with Crippen molar-refractivity contribution >= 4 is 11.8 Å². The Hall–Kier alpha value is -2.55. The van der Waals surface area contributed by atoms with Gasteiger partial charge in [0.2, 0.25) is 0 Å². The fraction of sp³-hybridized carbons (Fsp3) is 0.357. The normalized spacial score (nSPS) is 11.1. The first-order chi connectivity index (χ1) is 9.47. The smallest absolute Gasteiger partial charge is 0.345 e. The molecule has 0 fully saturated rings.